The highest BCUT2D eigenvalue weighted by Crippen LogP contribution is 2.29. The molecule has 0 aromatic carbocycles. The van der Waals surface area contributed by atoms with Gasteiger partial charge in [-0.2, -0.15) is 9.97 Å². The van der Waals surface area contributed by atoms with Gasteiger partial charge in [-0.3, -0.25) is 5.32 Å². The number of rotatable bonds is 9. The summed E-state index contributed by atoms with van der Waals surface area (Å²) in [6.07, 6.45) is 0.0509. The predicted octanol–water partition coefficient (Wildman–Crippen LogP) is 2.12. The third-order valence-corrected chi connectivity index (χ3v) is 7.60. The van der Waals surface area contributed by atoms with E-state index in [2.05, 4.69) is 50.4 Å². The van der Waals surface area contributed by atoms with Crippen molar-refractivity contribution in [2.75, 3.05) is 81.2 Å². The van der Waals surface area contributed by atoms with Crippen molar-refractivity contribution in [3.05, 3.63) is 16.6 Å². The highest BCUT2D eigenvalue weighted by molar-refractivity contribution is 7.17. The molecule has 0 aliphatic carbocycles. The predicted molar refractivity (Wildman–Crippen MR) is 143 cm³/mol. The Labute approximate surface area is 217 Å². The van der Waals surface area contributed by atoms with Crippen LogP contribution >= 0.6 is 11.3 Å². The highest BCUT2D eigenvalue weighted by atomic mass is 32.1. The lowest BCUT2D eigenvalue weighted by atomic mass is 10.1. The highest BCUT2D eigenvalue weighted by Gasteiger charge is 2.30. The standard InChI is InChI=1S/C24H38N8O3S/c1-6-34-17(4)18-15-25-8-9-32(18)20-14-19(31-12-10-30(5)11-13-31)27-23(28-20)29-24-26-16(3)21(36-24)22(33)35-7-2/h14,17-18,25H,6-13,15H2,1-5H3,(H,26,27,28,29). The maximum Gasteiger partial charge on any atom is 0.350 e. The van der Waals surface area contributed by atoms with Crippen molar-refractivity contribution >= 4 is 40.0 Å². The van der Waals surface area contributed by atoms with E-state index >= 15 is 0 Å². The van der Waals surface area contributed by atoms with Crippen LogP contribution in [0.15, 0.2) is 6.07 Å². The number of hydrogen-bond donors (Lipinski definition) is 2. The van der Waals surface area contributed by atoms with Gasteiger partial charge in [-0.05, 0) is 34.7 Å². The topological polar surface area (TPSA) is 108 Å². The third-order valence-electron chi connectivity index (χ3n) is 6.55. The summed E-state index contributed by atoms with van der Waals surface area (Å²) in [6.45, 7) is 15.0. The molecule has 11 nitrogen and oxygen atoms in total. The van der Waals surface area contributed by atoms with Crippen molar-refractivity contribution in [1.29, 1.82) is 0 Å². The number of nitrogens with one attached hydrogen (secondary N) is 2. The van der Waals surface area contributed by atoms with Gasteiger partial charge in [0.15, 0.2) is 5.13 Å². The zero-order valence-electron chi connectivity index (χ0n) is 21.9. The van der Waals surface area contributed by atoms with Crippen LogP contribution in [-0.4, -0.2) is 104 Å². The van der Waals surface area contributed by atoms with E-state index in [1.165, 1.54) is 11.3 Å². The molecule has 2 atom stereocenters. The number of anilines is 4. The summed E-state index contributed by atoms with van der Waals surface area (Å²) in [6, 6.07) is 2.24. The summed E-state index contributed by atoms with van der Waals surface area (Å²) >= 11 is 1.26. The number of aryl methyl sites for hydroxylation is 1. The number of piperazine rings is 2. The first-order valence-electron chi connectivity index (χ1n) is 12.7. The van der Waals surface area contributed by atoms with Crippen molar-refractivity contribution in [1.82, 2.24) is 25.2 Å². The van der Waals surface area contributed by atoms with E-state index in [0.29, 0.717) is 34.9 Å². The summed E-state index contributed by atoms with van der Waals surface area (Å²) in [5, 5.41) is 7.32. The van der Waals surface area contributed by atoms with Gasteiger partial charge in [0.05, 0.1) is 24.4 Å². The largest absolute Gasteiger partial charge is 0.462 e. The number of ether oxygens (including phenoxy) is 2. The van der Waals surface area contributed by atoms with Crippen LogP contribution in [0, 0.1) is 6.92 Å². The fourth-order valence-corrected chi connectivity index (χ4v) is 5.41. The molecule has 0 amide bonds. The molecule has 0 saturated carbocycles. The minimum absolute atomic E-state index is 0.0509. The SMILES string of the molecule is CCOC(=O)c1sc(Nc2nc(N3CCN(C)CC3)cc(N3CCNCC3C(C)OCC)n2)nc1C. The molecule has 2 fully saturated rings. The quantitative estimate of drug-likeness (QED) is 0.477. The lowest BCUT2D eigenvalue weighted by Gasteiger charge is -2.40. The van der Waals surface area contributed by atoms with Crippen LogP contribution in [0.4, 0.5) is 22.7 Å². The molecule has 198 valence electrons. The van der Waals surface area contributed by atoms with E-state index in [0.717, 1.165) is 57.4 Å². The van der Waals surface area contributed by atoms with Gasteiger partial charge in [-0.1, -0.05) is 11.3 Å². The summed E-state index contributed by atoms with van der Waals surface area (Å²) < 4.78 is 11.1. The molecule has 2 N–H and O–H groups in total. The summed E-state index contributed by atoms with van der Waals surface area (Å²) in [5.41, 5.74) is 0.629. The van der Waals surface area contributed by atoms with Crippen LogP contribution in [0.3, 0.4) is 0 Å². The van der Waals surface area contributed by atoms with Gasteiger partial charge < -0.3 is 29.5 Å². The summed E-state index contributed by atoms with van der Waals surface area (Å²) in [4.78, 5) is 34.0. The molecule has 2 aromatic heterocycles. The Balaban J connectivity index is 1.66. The molecule has 4 heterocycles. The van der Waals surface area contributed by atoms with Gasteiger partial charge in [0.2, 0.25) is 5.95 Å². The molecule has 2 saturated heterocycles. The lowest BCUT2D eigenvalue weighted by Crippen LogP contribution is -2.56. The zero-order chi connectivity index (χ0) is 25.7. The minimum Gasteiger partial charge on any atom is -0.462 e. The van der Waals surface area contributed by atoms with E-state index in [1.54, 1.807) is 13.8 Å². The molecule has 2 aliphatic rings. The van der Waals surface area contributed by atoms with Gasteiger partial charge in [-0.15, -0.1) is 0 Å². The average molecular weight is 519 g/mol. The van der Waals surface area contributed by atoms with Crippen molar-refractivity contribution in [3.63, 3.8) is 0 Å². The first kappa shape index (κ1) is 26.5. The monoisotopic (exact) mass is 518 g/mol. The van der Waals surface area contributed by atoms with Crippen LogP contribution in [0.5, 0.6) is 0 Å². The van der Waals surface area contributed by atoms with Gasteiger partial charge in [0, 0.05) is 58.5 Å². The Hall–Kier alpha value is -2.54. The Morgan fingerprint density at radius 1 is 1.17 bits per heavy atom. The first-order valence-corrected chi connectivity index (χ1v) is 13.5. The number of thiazole rings is 1. The Morgan fingerprint density at radius 2 is 1.92 bits per heavy atom. The number of carbonyl (C=O) groups excluding carboxylic acids is 1. The molecule has 4 rings (SSSR count). The summed E-state index contributed by atoms with van der Waals surface area (Å²) in [7, 11) is 2.14. The van der Waals surface area contributed by atoms with E-state index in [9.17, 15) is 4.79 Å². The smallest absolute Gasteiger partial charge is 0.350 e. The molecule has 0 spiro atoms. The maximum absolute atomic E-state index is 12.3. The molecular weight excluding hydrogens is 480 g/mol. The van der Waals surface area contributed by atoms with Crippen molar-refractivity contribution < 1.29 is 14.3 Å². The molecule has 2 aromatic rings. The number of carbonyl (C=O) groups is 1. The molecule has 0 radical (unpaired) electrons. The van der Waals surface area contributed by atoms with Crippen LogP contribution in [-0.2, 0) is 9.47 Å². The number of nitrogens with zero attached hydrogens (tertiary/aromatic N) is 6. The van der Waals surface area contributed by atoms with Gasteiger partial charge in [0.1, 0.15) is 16.5 Å². The molecular formula is C24H38N8O3S. The van der Waals surface area contributed by atoms with Crippen molar-refractivity contribution in [2.45, 2.75) is 39.8 Å². The number of hydrogen-bond acceptors (Lipinski definition) is 12. The fraction of sp³-hybridized carbons (Fsp3) is 0.667. The van der Waals surface area contributed by atoms with Crippen molar-refractivity contribution in [3.8, 4) is 0 Å². The summed E-state index contributed by atoms with van der Waals surface area (Å²) in [5.74, 6) is 1.85. The minimum atomic E-state index is -0.359. The Kier molecular flexibility index (Phi) is 8.94. The van der Waals surface area contributed by atoms with E-state index < -0.39 is 0 Å². The van der Waals surface area contributed by atoms with Crippen LogP contribution in [0.2, 0.25) is 0 Å². The molecule has 2 aliphatic heterocycles. The Morgan fingerprint density at radius 3 is 2.64 bits per heavy atom. The van der Waals surface area contributed by atoms with Crippen molar-refractivity contribution in [2.24, 2.45) is 0 Å². The van der Waals surface area contributed by atoms with E-state index in [1.807, 2.05) is 6.92 Å². The van der Waals surface area contributed by atoms with Crippen LogP contribution in [0.1, 0.15) is 36.1 Å². The second-order valence-corrected chi connectivity index (χ2v) is 10.1. The van der Waals surface area contributed by atoms with Gasteiger partial charge in [0.25, 0.3) is 0 Å². The third kappa shape index (κ3) is 6.23. The second-order valence-electron chi connectivity index (χ2n) is 9.10. The van der Waals surface area contributed by atoms with Gasteiger partial charge >= 0.3 is 5.97 Å². The maximum atomic E-state index is 12.3. The van der Waals surface area contributed by atoms with E-state index in [-0.39, 0.29) is 18.1 Å². The zero-order valence-corrected chi connectivity index (χ0v) is 22.7. The number of likely N-dealkylation sites (N-methyl/N-ethyl adjacent to an activating group) is 1. The first-order chi connectivity index (χ1) is 17.4. The normalized spacial score (nSPS) is 19.9. The van der Waals surface area contributed by atoms with Crippen LogP contribution in [0.25, 0.3) is 0 Å². The molecule has 0 bridgehead atoms. The second kappa shape index (κ2) is 12.1. The van der Waals surface area contributed by atoms with Gasteiger partial charge in [-0.25, -0.2) is 9.78 Å². The lowest BCUT2D eigenvalue weighted by molar-refractivity contribution is 0.0520. The molecule has 36 heavy (non-hydrogen) atoms. The number of aromatic nitrogens is 3. The molecule has 2 unspecified atom stereocenters. The fourth-order valence-electron chi connectivity index (χ4n) is 4.56. The Bertz CT molecular complexity index is 1030. The number of esters is 1. The average Bonchev–Trinajstić information content (AvgIpc) is 3.24. The molecule has 12 heteroatoms. The van der Waals surface area contributed by atoms with E-state index in [4.69, 9.17) is 19.4 Å². The van der Waals surface area contributed by atoms with Crippen LogP contribution < -0.4 is 20.4 Å².